The van der Waals surface area contributed by atoms with Crippen LogP contribution < -0.4 is 9.46 Å². The van der Waals surface area contributed by atoms with E-state index in [4.69, 9.17) is 4.74 Å². The molecule has 4 aromatic carbocycles. The number of fused-ring (bicyclic) bond motifs is 1. The van der Waals surface area contributed by atoms with Crippen LogP contribution in [-0.2, 0) is 29.5 Å². The van der Waals surface area contributed by atoms with Crippen LogP contribution in [0.25, 0.3) is 10.8 Å². The van der Waals surface area contributed by atoms with E-state index in [1.54, 1.807) is 36.5 Å². The highest BCUT2D eigenvalue weighted by Crippen LogP contribution is 2.23. The lowest BCUT2D eigenvalue weighted by atomic mass is 10.1. The molecule has 5 rings (SSSR count). The molecule has 0 aliphatic heterocycles. The zero-order valence-corrected chi connectivity index (χ0v) is 20.6. The van der Waals surface area contributed by atoms with E-state index in [0.717, 1.165) is 17.5 Å². The van der Waals surface area contributed by atoms with Crippen molar-refractivity contribution in [2.75, 3.05) is 6.61 Å². The van der Waals surface area contributed by atoms with E-state index in [2.05, 4.69) is 40.2 Å². The normalized spacial score (nSPS) is 11.6. The summed E-state index contributed by atoms with van der Waals surface area (Å²) in [4.78, 5) is 0.235. The quantitative estimate of drug-likeness (QED) is 0.288. The molecule has 0 fully saturated rings. The zero-order chi connectivity index (χ0) is 24.8. The molecular formula is C29H27N3O3S. The highest BCUT2D eigenvalue weighted by molar-refractivity contribution is 7.89. The maximum Gasteiger partial charge on any atom is 0.240 e. The topological polar surface area (TPSA) is 73.2 Å². The summed E-state index contributed by atoms with van der Waals surface area (Å²) in [5, 5.41) is 6.69. The first-order valence-corrected chi connectivity index (χ1v) is 13.3. The van der Waals surface area contributed by atoms with Gasteiger partial charge in [-0.05, 0) is 46.2 Å². The van der Waals surface area contributed by atoms with Crippen molar-refractivity contribution < 1.29 is 13.2 Å². The fourth-order valence-corrected chi connectivity index (χ4v) is 5.12. The van der Waals surface area contributed by atoms with E-state index in [9.17, 15) is 8.42 Å². The van der Waals surface area contributed by atoms with Gasteiger partial charge in [0.1, 0.15) is 5.75 Å². The number of nitrogens with zero attached hydrogens (tertiary/aromatic N) is 2. The largest absolute Gasteiger partial charge is 0.493 e. The summed E-state index contributed by atoms with van der Waals surface area (Å²) in [5.41, 5.74) is 2.99. The molecule has 0 aliphatic carbocycles. The monoisotopic (exact) mass is 497 g/mol. The van der Waals surface area contributed by atoms with Crippen molar-refractivity contribution in [2.45, 2.75) is 24.4 Å². The minimum absolute atomic E-state index is 0.130. The molecule has 0 saturated heterocycles. The number of nitrogens with one attached hydrogen (secondary N) is 1. The summed E-state index contributed by atoms with van der Waals surface area (Å²) < 4.78 is 36.2. The summed E-state index contributed by atoms with van der Waals surface area (Å²) in [6.07, 6.45) is 4.39. The Kier molecular flexibility index (Phi) is 7.11. The van der Waals surface area contributed by atoms with Gasteiger partial charge in [0.2, 0.25) is 10.0 Å². The molecule has 1 N–H and O–H groups in total. The van der Waals surface area contributed by atoms with Crippen LogP contribution in [0.1, 0.15) is 16.7 Å². The Bertz CT molecular complexity index is 1550. The van der Waals surface area contributed by atoms with E-state index < -0.39 is 10.0 Å². The molecule has 1 heterocycles. The third-order valence-corrected chi connectivity index (χ3v) is 7.42. The highest BCUT2D eigenvalue weighted by Gasteiger charge is 2.15. The Morgan fingerprint density at radius 2 is 1.58 bits per heavy atom. The van der Waals surface area contributed by atoms with Crippen LogP contribution in [0.4, 0.5) is 0 Å². The van der Waals surface area contributed by atoms with Crippen LogP contribution in [0.2, 0.25) is 0 Å². The van der Waals surface area contributed by atoms with E-state index in [-0.39, 0.29) is 11.4 Å². The molecule has 6 nitrogen and oxygen atoms in total. The van der Waals surface area contributed by atoms with Gasteiger partial charge in [0.25, 0.3) is 0 Å². The Morgan fingerprint density at radius 3 is 2.39 bits per heavy atom. The second kappa shape index (κ2) is 10.8. The van der Waals surface area contributed by atoms with Crippen molar-refractivity contribution in [1.29, 1.82) is 0 Å². The van der Waals surface area contributed by atoms with Gasteiger partial charge in [-0.1, -0.05) is 72.8 Å². The van der Waals surface area contributed by atoms with E-state index in [0.29, 0.717) is 18.9 Å². The summed E-state index contributed by atoms with van der Waals surface area (Å²) in [6.45, 7) is 1.21. The van der Waals surface area contributed by atoms with Gasteiger partial charge >= 0.3 is 0 Å². The SMILES string of the molecule is O=S(=O)(NCc1ccc(Cn2cccn2)cc1OCCc1ccc2ccccc2c1)c1ccccc1. The van der Waals surface area contributed by atoms with Crippen LogP contribution in [0.3, 0.4) is 0 Å². The predicted molar refractivity (Wildman–Crippen MR) is 141 cm³/mol. The zero-order valence-electron chi connectivity index (χ0n) is 19.7. The molecule has 1 aromatic heterocycles. The van der Waals surface area contributed by atoms with Gasteiger partial charge in [-0.2, -0.15) is 5.10 Å². The number of hydrogen-bond acceptors (Lipinski definition) is 4. The van der Waals surface area contributed by atoms with E-state index in [1.807, 2.05) is 47.3 Å². The molecule has 0 spiro atoms. The lowest BCUT2D eigenvalue weighted by Crippen LogP contribution is -2.23. The van der Waals surface area contributed by atoms with E-state index >= 15 is 0 Å². The maximum absolute atomic E-state index is 12.7. The van der Waals surface area contributed by atoms with Crippen molar-refractivity contribution >= 4 is 20.8 Å². The second-order valence-corrected chi connectivity index (χ2v) is 10.3. The molecular weight excluding hydrogens is 470 g/mol. The molecule has 0 amide bonds. The molecule has 5 aromatic rings. The van der Waals surface area contributed by atoms with Gasteiger partial charge in [-0.15, -0.1) is 0 Å². The first-order valence-electron chi connectivity index (χ1n) is 11.8. The number of benzene rings is 4. The van der Waals surface area contributed by atoms with Gasteiger partial charge in [0, 0.05) is 30.9 Å². The molecule has 36 heavy (non-hydrogen) atoms. The standard InChI is InChI=1S/C29H27N3O3S/c33-36(34,28-9-2-1-3-10-28)31-21-27-14-12-24(22-32-17-6-16-30-32)20-29(27)35-18-15-23-11-13-25-7-4-5-8-26(25)19-23/h1-14,16-17,19-20,31H,15,18,21-22H2. The summed E-state index contributed by atoms with van der Waals surface area (Å²) >= 11 is 0. The lowest BCUT2D eigenvalue weighted by molar-refractivity contribution is 0.318. The van der Waals surface area contributed by atoms with Crippen LogP contribution in [-0.4, -0.2) is 24.8 Å². The van der Waals surface area contributed by atoms with Crippen molar-refractivity contribution in [3.63, 3.8) is 0 Å². The number of sulfonamides is 1. The first-order chi connectivity index (χ1) is 17.6. The molecule has 0 unspecified atom stereocenters. The maximum atomic E-state index is 12.7. The Balaban J connectivity index is 1.32. The van der Waals surface area contributed by atoms with Crippen LogP contribution in [0.15, 0.2) is 114 Å². The summed E-state index contributed by atoms with van der Waals surface area (Å²) in [6, 6.07) is 30.8. The minimum atomic E-state index is -3.63. The molecule has 0 saturated carbocycles. The Hall–Kier alpha value is -3.94. The molecule has 7 heteroatoms. The first kappa shape index (κ1) is 23.8. The number of rotatable bonds is 10. The Labute approximate surface area is 211 Å². The van der Waals surface area contributed by atoms with E-state index in [1.165, 1.54) is 16.3 Å². The predicted octanol–water partition coefficient (Wildman–Crippen LogP) is 5.18. The van der Waals surface area contributed by atoms with Crippen molar-refractivity contribution in [2.24, 2.45) is 0 Å². The molecule has 0 atom stereocenters. The highest BCUT2D eigenvalue weighted by atomic mass is 32.2. The van der Waals surface area contributed by atoms with Crippen LogP contribution in [0.5, 0.6) is 5.75 Å². The van der Waals surface area contributed by atoms with Gasteiger partial charge in [0.15, 0.2) is 0 Å². The van der Waals surface area contributed by atoms with Gasteiger partial charge in [-0.25, -0.2) is 13.1 Å². The average Bonchev–Trinajstić information content (AvgIpc) is 3.42. The second-order valence-electron chi connectivity index (χ2n) is 8.56. The number of ether oxygens (including phenoxy) is 1. The fraction of sp³-hybridized carbons (Fsp3) is 0.138. The van der Waals surface area contributed by atoms with Crippen molar-refractivity contribution in [1.82, 2.24) is 14.5 Å². The van der Waals surface area contributed by atoms with Gasteiger partial charge < -0.3 is 4.74 Å². The van der Waals surface area contributed by atoms with Gasteiger partial charge in [-0.3, -0.25) is 4.68 Å². The third-order valence-electron chi connectivity index (χ3n) is 6.00. The minimum Gasteiger partial charge on any atom is -0.493 e. The lowest BCUT2D eigenvalue weighted by Gasteiger charge is -2.15. The fourth-order valence-electron chi connectivity index (χ4n) is 4.09. The summed E-state index contributed by atoms with van der Waals surface area (Å²) in [7, 11) is -3.63. The Morgan fingerprint density at radius 1 is 0.806 bits per heavy atom. The molecule has 182 valence electrons. The average molecular weight is 498 g/mol. The van der Waals surface area contributed by atoms with Crippen LogP contribution >= 0.6 is 0 Å². The third kappa shape index (κ3) is 5.82. The molecule has 0 radical (unpaired) electrons. The summed E-state index contributed by atoms with van der Waals surface area (Å²) in [5.74, 6) is 0.663. The number of hydrogen-bond donors (Lipinski definition) is 1. The number of aromatic nitrogens is 2. The van der Waals surface area contributed by atoms with Crippen molar-refractivity contribution in [3.8, 4) is 5.75 Å². The smallest absolute Gasteiger partial charge is 0.240 e. The molecule has 0 bridgehead atoms. The van der Waals surface area contributed by atoms with Crippen molar-refractivity contribution in [3.05, 3.63) is 126 Å². The van der Waals surface area contributed by atoms with Gasteiger partial charge in [0.05, 0.1) is 18.0 Å². The van der Waals surface area contributed by atoms with Crippen LogP contribution in [0, 0.1) is 0 Å². The molecule has 0 aliphatic rings.